The van der Waals surface area contributed by atoms with Crippen LogP contribution >= 0.6 is 12.2 Å². The molecule has 1 atom stereocenters. The molecule has 0 unspecified atom stereocenters. The molecule has 0 radical (unpaired) electrons. The molecule has 2 aliphatic rings. The monoisotopic (exact) mass is 446 g/mol. The van der Waals surface area contributed by atoms with Crippen molar-refractivity contribution < 1.29 is 9.53 Å². The Morgan fingerprint density at radius 1 is 1.12 bits per heavy atom. The summed E-state index contributed by atoms with van der Waals surface area (Å²) in [7, 11) is 0. The van der Waals surface area contributed by atoms with Crippen molar-refractivity contribution in [2.24, 2.45) is 0 Å². The van der Waals surface area contributed by atoms with Crippen LogP contribution in [0.4, 0.5) is 5.69 Å². The van der Waals surface area contributed by atoms with E-state index < -0.39 is 6.04 Å². The zero-order valence-electron chi connectivity index (χ0n) is 18.5. The lowest BCUT2D eigenvalue weighted by Crippen LogP contribution is -2.51. The molecule has 7 heteroatoms. The molecule has 0 aliphatic carbocycles. The van der Waals surface area contributed by atoms with Gasteiger partial charge < -0.3 is 15.0 Å². The number of amides is 1. The van der Waals surface area contributed by atoms with Crippen LogP contribution in [0.1, 0.15) is 35.2 Å². The van der Waals surface area contributed by atoms with Gasteiger partial charge in [0.25, 0.3) is 5.91 Å². The van der Waals surface area contributed by atoms with Gasteiger partial charge in [-0.25, -0.2) is 0 Å². The fourth-order valence-corrected chi connectivity index (χ4v) is 4.53. The first-order chi connectivity index (χ1) is 15.4. The number of aryl methyl sites for hydroxylation is 2. The summed E-state index contributed by atoms with van der Waals surface area (Å²) in [5.41, 5.74) is 6.07. The van der Waals surface area contributed by atoms with Crippen molar-refractivity contribution in [3.05, 3.63) is 76.0 Å². The van der Waals surface area contributed by atoms with Gasteiger partial charge >= 0.3 is 0 Å². The van der Waals surface area contributed by atoms with Gasteiger partial charge in [-0.1, -0.05) is 18.2 Å². The number of hydrogen-bond donors (Lipinski definition) is 1. The molecule has 164 valence electrons. The molecule has 2 aromatic carbocycles. The Morgan fingerprint density at radius 2 is 1.88 bits per heavy atom. The fraction of sp³-hybridized carbons (Fsp3) is 0.320. The van der Waals surface area contributed by atoms with Crippen LogP contribution < -0.4 is 10.2 Å². The molecule has 2 heterocycles. The SMILES string of the molecule is CC1=C(C(=O)N2CCOCC2)[C@@H](c2cccc(C#N)c2)NC(=S)N1c1ccc(C)c(C)c1. The van der Waals surface area contributed by atoms with Gasteiger partial charge in [0.1, 0.15) is 0 Å². The van der Waals surface area contributed by atoms with Crippen molar-refractivity contribution in [3.63, 3.8) is 0 Å². The topological polar surface area (TPSA) is 68.6 Å². The number of carbonyl (C=O) groups excluding carboxylic acids is 1. The van der Waals surface area contributed by atoms with Crippen molar-refractivity contribution in [2.45, 2.75) is 26.8 Å². The van der Waals surface area contributed by atoms with Gasteiger partial charge in [0.05, 0.1) is 36.5 Å². The maximum Gasteiger partial charge on any atom is 0.254 e. The highest BCUT2D eigenvalue weighted by Crippen LogP contribution is 2.35. The van der Waals surface area contributed by atoms with Crippen molar-refractivity contribution >= 4 is 28.9 Å². The van der Waals surface area contributed by atoms with Crippen LogP contribution in [0.5, 0.6) is 0 Å². The average Bonchev–Trinajstić information content (AvgIpc) is 2.81. The molecule has 2 aromatic rings. The predicted molar refractivity (Wildman–Crippen MR) is 128 cm³/mol. The number of morpholine rings is 1. The summed E-state index contributed by atoms with van der Waals surface area (Å²) in [6, 6.07) is 15.2. The van der Waals surface area contributed by atoms with Crippen LogP contribution in [0.3, 0.4) is 0 Å². The summed E-state index contributed by atoms with van der Waals surface area (Å²) in [6.45, 7) is 8.23. The number of hydrogen-bond acceptors (Lipinski definition) is 4. The van der Waals surface area contributed by atoms with E-state index in [-0.39, 0.29) is 5.91 Å². The molecular formula is C25H26N4O2S. The highest BCUT2D eigenvalue weighted by atomic mass is 32.1. The minimum absolute atomic E-state index is 0.0398. The molecule has 1 fully saturated rings. The number of anilines is 1. The summed E-state index contributed by atoms with van der Waals surface area (Å²) >= 11 is 5.77. The number of nitrogens with zero attached hydrogens (tertiary/aromatic N) is 3. The second-order valence-electron chi connectivity index (χ2n) is 8.13. The molecule has 0 saturated carbocycles. The van der Waals surface area contributed by atoms with Crippen LogP contribution in [0.15, 0.2) is 53.7 Å². The van der Waals surface area contributed by atoms with Gasteiger partial charge in [-0.05, 0) is 73.9 Å². The van der Waals surface area contributed by atoms with Crippen LogP contribution in [-0.4, -0.2) is 42.2 Å². The first-order valence-electron chi connectivity index (χ1n) is 10.7. The largest absolute Gasteiger partial charge is 0.378 e. The second-order valence-corrected chi connectivity index (χ2v) is 8.51. The standard InChI is InChI=1S/C25H26N4O2S/c1-16-7-8-21(13-17(16)2)29-18(3)22(24(30)28-9-11-31-12-10-28)23(27-25(29)32)20-6-4-5-19(14-20)15-26/h4-8,13-14,23H,9-12H2,1-3H3,(H,27,32)/t23-/m1/s1. The normalized spacial score (nSPS) is 18.9. The maximum atomic E-state index is 13.7. The highest BCUT2D eigenvalue weighted by Gasteiger charge is 2.37. The average molecular weight is 447 g/mol. The van der Waals surface area contributed by atoms with Gasteiger partial charge in [0.15, 0.2) is 5.11 Å². The first-order valence-corrected chi connectivity index (χ1v) is 11.1. The Hall–Kier alpha value is -3.21. The third kappa shape index (κ3) is 4.12. The second kappa shape index (κ2) is 9.11. The van der Waals surface area contributed by atoms with Crippen molar-refractivity contribution in [2.75, 3.05) is 31.2 Å². The van der Waals surface area contributed by atoms with E-state index >= 15 is 0 Å². The lowest BCUT2D eigenvalue weighted by Gasteiger charge is -2.40. The van der Waals surface area contributed by atoms with E-state index in [0.717, 1.165) is 22.5 Å². The Bertz CT molecular complexity index is 1140. The Morgan fingerprint density at radius 3 is 2.56 bits per heavy atom. The van der Waals surface area contributed by atoms with E-state index in [1.54, 1.807) is 6.07 Å². The number of nitrogens with one attached hydrogen (secondary N) is 1. The number of carbonyl (C=O) groups is 1. The minimum atomic E-state index is -0.436. The van der Waals surface area contributed by atoms with Crippen molar-refractivity contribution in [1.29, 1.82) is 5.26 Å². The summed E-state index contributed by atoms with van der Waals surface area (Å²) in [6.07, 6.45) is 0. The van der Waals surface area contributed by atoms with Crippen molar-refractivity contribution in [1.82, 2.24) is 10.2 Å². The highest BCUT2D eigenvalue weighted by molar-refractivity contribution is 7.80. The maximum absolute atomic E-state index is 13.7. The van der Waals surface area contributed by atoms with Gasteiger partial charge in [0.2, 0.25) is 0 Å². The molecular weight excluding hydrogens is 420 g/mol. The van der Waals surface area contributed by atoms with Crippen LogP contribution in [0, 0.1) is 25.2 Å². The fourth-order valence-electron chi connectivity index (χ4n) is 4.17. The van der Waals surface area contributed by atoms with E-state index in [1.807, 2.05) is 41.0 Å². The zero-order chi connectivity index (χ0) is 22.8. The molecule has 4 rings (SSSR count). The number of thiocarbonyl (C=S) groups is 1. The van der Waals surface area contributed by atoms with Gasteiger partial charge in [-0.15, -0.1) is 0 Å². The Balaban J connectivity index is 1.84. The van der Waals surface area contributed by atoms with Gasteiger partial charge in [0, 0.05) is 24.5 Å². The van der Waals surface area contributed by atoms with Crippen LogP contribution in [0.2, 0.25) is 0 Å². The summed E-state index contributed by atoms with van der Waals surface area (Å²) in [5.74, 6) is -0.0398. The Kier molecular flexibility index (Phi) is 6.26. The molecule has 0 bridgehead atoms. The van der Waals surface area contributed by atoms with E-state index in [9.17, 15) is 10.1 Å². The van der Waals surface area contributed by atoms with E-state index in [0.29, 0.717) is 42.6 Å². The lowest BCUT2D eigenvalue weighted by molar-refractivity contribution is -0.131. The molecule has 1 N–H and O–H groups in total. The molecule has 32 heavy (non-hydrogen) atoms. The Labute approximate surface area is 194 Å². The number of benzene rings is 2. The van der Waals surface area contributed by atoms with Crippen molar-refractivity contribution in [3.8, 4) is 6.07 Å². The summed E-state index contributed by atoms with van der Waals surface area (Å²) < 4.78 is 5.44. The van der Waals surface area contributed by atoms with Gasteiger partial charge in [-0.3, -0.25) is 9.69 Å². The molecule has 1 saturated heterocycles. The molecule has 2 aliphatic heterocycles. The number of allylic oxidation sites excluding steroid dienone is 1. The van der Waals surface area contributed by atoms with E-state index in [2.05, 4.69) is 37.4 Å². The number of nitriles is 1. The third-order valence-electron chi connectivity index (χ3n) is 6.11. The molecule has 6 nitrogen and oxygen atoms in total. The third-order valence-corrected chi connectivity index (χ3v) is 6.41. The van der Waals surface area contributed by atoms with E-state index in [1.165, 1.54) is 5.56 Å². The number of ether oxygens (including phenoxy) is 1. The zero-order valence-corrected chi connectivity index (χ0v) is 19.3. The summed E-state index contributed by atoms with van der Waals surface area (Å²) in [5, 5.41) is 13.3. The molecule has 1 amide bonds. The van der Waals surface area contributed by atoms with E-state index in [4.69, 9.17) is 17.0 Å². The smallest absolute Gasteiger partial charge is 0.254 e. The lowest BCUT2D eigenvalue weighted by atomic mass is 9.92. The minimum Gasteiger partial charge on any atom is -0.378 e. The predicted octanol–water partition coefficient (Wildman–Crippen LogP) is 3.74. The van der Waals surface area contributed by atoms with Crippen LogP contribution in [0.25, 0.3) is 0 Å². The molecule has 0 aromatic heterocycles. The number of rotatable bonds is 3. The van der Waals surface area contributed by atoms with Gasteiger partial charge in [-0.2, -0.15) is 5.26 Å². The quantitative estimate of drug-likeness (QED) is 0.725. The first kappa shape index (κ1) is 22.0. The summed E-state index contributed by atoms with van der Waals surface area (Å²) in [4.78, 5) is 17.5. The molecule has 0 spiro atoms. The van der Waals surface area contributed by atoms with Crippen LogP contribution in [-0.2, 0) is 9.53 Å².